The van der Waals surface area contributed by atoms with Gasteiger partial charge in [0.2, 0.25) is 5.91 Å². The van der Waals surface area contributed by atoms with Gasteiger partial charge in [0.1, 0.15) is 0 Å². The quantitative estimate of drug-likeness (QED) is 0.370. The van der Waals surface area contributed by atoms with Crippen molar-refractivity contribution in [1.29, 1.82) is 0 Å². The molecule has 0 aliphatic carbocycles. The van der Waals surface area contributed by atoms with Crippen LogP contribution in [0, 0.1) is 10.1 Å². The lowest BCUT2D eigenvalue weighted by atomic mass is 10.1. The van der Waals surface area contributed by atoms with E-state index in [1.807, 2.05) is 42.5 Å². The van der Waals surface area contributed by atoms with Crippen LogP contribution in [0.25, 0.3) is 0 Å². The van der Waals surface area contributed by atoms with Gasteiger partial charge in [-0.15, -0.1) is 11.8 Å². The summed E-state index contributed by atoms with van der Waals surface area (Å²) in [5.41, 5.74) is 2.67. The second kappa shape index (κ2) is 9.32. The summed E-state index contributed by atoms with van der Waals surface area (Å²) in [5.74, 6) is 1.25. The van der Waals surface area contributed by atoms with Crippen LogP contribution >= 0.6 is 11.8 Å². The van der Waals surface area contributed by atoms with E-state index in [1.54, 1.807) is 43.0 Å². The second-order valence-corrected chi connectivity index (χ2v) is 8.54. The minimum Gasteiger partial charge on any atom is -0.493 e. The van der Waals surface area contributed by atoms with Crippen LogP contribution in [0.5, 0.6) is 11.5 Å². The van der Waals surface area contributed by atoms with Crippen LogP contribution in [0.2, 0.25) is 0 Å². The summed E-state index contributed by atoms with van der Waals surface area (Å²) in [4.78, 5) is 26.6. The van der Waals surface area contributed by atoms with Crippen LogP contribution in [0.15, 0.2) is 71.6 Å². The lowest BCUT2D eigenvalue weighted by Gasteiger charge is -2.22. The van der Waals surface area contributed by atoms with Crippen molar-refractivity contribution in [3.8, 4) is 11.5 Å². The van der Waals surface area contributed by atoms with Crippen LogP contribution in [0.4, 0.5) is 11.4 Å². The molecule has 1 atom stereocenters. The third-order valence-electron chi connectivity index (χ3n) is 5.35. The van der Waals surface area contributed by atoms with Gasteiger partial charge in [0.25, 0.3) is 5.69 Å². The summed E-state index contributed by atoms with van der Waals surface area (Å²) in [5, 5.41) is 10.8. The molecule has 0 N–H and O–H groups in total. The lowest BCUT2D eigenvalue weighted by molar-refractivity contribution is -0.384. The molecule has 1 aliphatic rings. The first-order valence-electron chi connectivity index (χ1n) is 10.0. The molecule has 0 aromatic heterocycles. The van der Waals surface area contributed by atoms with Gasteiger partial charge in [0, 0.05) is 28.7 Å². The standard InChI is InChI=1S/C24H22N2O5S/c1-30-20-12-9-17(13-21(20)31-2)23-14-24(27)25(19-5-3-4-6-22(19)32-23)15-16-7-10-18(11-8-16)26(28)29/h3-13,23H,14-15H2,1-2H3/t23-/m0/s1. The van der Waals surface area contributed by atoms with Crippen LogP contribution in [-0.4, -0.2) is 25.1 Å². The summed E-state index contributed by atoms with van der Waals surface area (Å²) in [6, 6.07) is 19.8. The number of nitro benzene ring substituents is 1. The predicted octanol–water partition coefficient (Wildman–Crippen LogP) is 5.38. The number of thioether (sulfide) groups is 1. The number of carbonyl (C=O) groups is 1. The highest BCUT2D eigenvalue weighted by Crippen LogP contribution is 2.47. The fraction of sp³-hybridized carbons (Fsp3) is 0.208. The van der Waals surface area contributed by atoms with Crippen molar-refractivity contribution in [1.82, 2.24) is 0 Å². The Morgan fingerprint density at radius 3 is 2.44 bits per heavy atom. The highest BCUT2D eigenvalue weighted by molar-refractivity contribution is 7.99. The Labute approximate surface area is 190 Å². The maximum absolute atomic E-state index is 13.4. The average Bonchev–Trinajstić information content (AvgIpc) is 2.95. The van der Waals surface area contributed by atoms with Crippen LogP contribution in [0.3, 0.4) is 0 Å². The number of nitro groups is 1. The largest absolute Gasteiger partial charge is 0.493 e. The number of fused-ring (bicyclic) bond motifs is 1. The van der Waals surface area contributed by atoms with E-state index in [1.165, 1.54) is 12.1 Å². The van der Waals surface area contributed by atoms with E-state index >= 15 is 0 Å². The molecule has 1 heterocycles. The van der Waals surface area contributed by atoms with Gasteiger partial charge in [-0.2, -0.15) is 0 Å². The number of nitrogens with zero attached hydrogens (tertiary/aromatic N) is 2. The van der Waals surface area contributed by atoms with Crippen molar-refractivity contribution in [3.05, 3.63) is 88.0 Å². The monoisotopic (exact) mass is 450 g/mol. The van der Waals surface area contributed by atoms with Crippen molar-refractivity contribution in [3.63, 3.8) is 0 Å². The zero-order chi connectivity index (χ0) is 22.7. The third-order valence-corrected chi connectivity index (χ3v) is 6.68. The molecule has 0 fully saturated rings. The lowest BCUT2D eigenvalue weighted by Crippen LogP contribution is -2.30. The van der Waals surface area contributed by atoms with Gasteiger partial charge in [-0.1, -0.05) is 30.3 Å². The Morgan fingerprint density at radius 2 is 1.75 bits per heavy atom. The highest BCUT2D eigenvalue weighted by Gasteiger charge is 2.30. The molecule has 8 heteroatoms. The number of hydrogen-bond donors (Lipinski definition) is 0. The van der Waals surface area contributed by atoms with Crippen molar-refractivity contribution in [2.75, 3.05) is 19.1 Å². The maximum atomic E-state index is 13.4. The fourth-order valence-electron chi connectivity index (χ4n) is 3.70. The molecular weight excluding hydrogens is 428 g/mol. The number of hydrogen-bond acceptors (Lipinski definition) is 6. The summed E-state index contributed by atoms with van der Waals surface area (Å²) < 4.78 is 10.8. The summed E-state index contributed by atoms with van der Waals surface area (Å²) in [6.45, 7) is 0.340. The van der Waals surface area contributed by atoms with Crippen molar-refractivity contribution in [2.24, 2.45) is 0 Å². The Morgan fingerprint density at radius 1 is 1.03 bits per heavy atom. The second-order valence-electron chi connectivity index (χ2n) is 7.30. The Hall–Kier alpha value is -3.52. The topological polar surface area (TPSA) is 81.9 Å². The van der Waals surface area contributed by atoms with Crippen LogP contribution in [0.1, 0.15) is 22.8 Å². The van der Waals surface area contributed by atoms with Crippen LogP contribution in [-0.2, 0) is 11.3 Å². The molecule has 0 saturated heterocycles. The first-order valence-corrected chi connectivity index (χ1v) is 10.9. The Kier molecular flexibility index (Phi) is 6.32. The number of carbonyl (C=O) groups excluding carboxylic acids is 1. The first-order chi connectivity index (χ1) is 15.5. The fourth-order valence-corrected chi connectivity index (χ4v) is 4.97. The SMILES string of the molecule is COc1ccc([C@@H]2CC(=O)N(Cc3ccc([N+](=O)[O-])cc3)c3ccccc3S2)cc1OC. The van der Waals surface area contributed by atoms with Crippen molar-refractivity contribution in [2.45, 2.75) is 23.1 Å². The van der Waals surface area contributed by atoms with E-state index in [9.17, 15) is 14.9 Å². The molecule has 3 aromatic carbocycles. The van der Waals surface area contributed by atoms with Gasteiger partial charge in [-0.3, -0.25) is 14.9 Å². The number of benzene rings is 3. The molecule has 1 amide bonds. The number of amides is 1. The average molecular weight is 451 g/mol. The van der Waals surface area contributed by atoms with Crippen molar-refractivity contribution >= 4 is 29.0 Å². The summed E-state index contributed by atoms with van der Waals surface area (Å²) in [7, 11) is 3.18. The van der Waals surface area contributed by atoms with E-state index < -0.39 is 4.92 Å². The van der Waals surface area contributed by atoms with Gasteiger partial charge in [0.05, 0.1) is 31.4 Å². The molecule has 4 rings (SSSR count). The molecule has 0 spiro atoms. The number of para-hydroxylation sites is 1. The molecule has 3 aromatic rings. The first kappa shape index (κ1) is 21.7. The number of non-ortho nitro benzene ring substituents is 1. The molecule has 32 heavy (non-hydrogen) atoms. The van der Waals surface area contributed by atoms with Crippen molar-refractivity contribution < 1.29 is 19.2 Å². The zero-order valence-corrected chi connectivity index (χ0v) is 18.5. The summed E-state index contributed by atoms with van der Waals surface area (Å²) >= 11 is 1.64. The van der Waals surface area contributed by atoms with Crippen LogP contribution < -0.4 is 14.4 Å². The van der Waals surface area contributed by atoms with E-state index in [4.69, 9.17) is 9.47 Å². The van der Waals surface area contributed by atoms with Gasteiger partial charge < -0.3 is 14.4 Å². The molecule has 0 unspecified atom stereocenters. The smallest absolute Gasteiger partial charge is 0.269 e. The minimum atomic E-state index is -0.430. The molecule has 0 bridgehead atoms. The van der Waals surface area contributed by atoms with Gasteiger partial charge >= 0.3 is 0 Å². The predicted molar refractivity (Wildman–Crippen MR) is 123 cm³/mol. The van der Waals surface area contributed by atoms with E-state index in [2.05, 4.69) is 0 Å². The van der Waals surface area contributed by atoms with E-state index in [-0.39, 0.29) is 16.8 Å². The van der Waals surface area contributed by atoms with Gasteiger partial charge in [-0.25, -0.2) is 0 Å². The molecule has 0 radical (unpaired) electrons. The van der Waals surface area contributed by atoms with E-state index in [0.717, 1.165) is 21.7 Å². The molecule has 7 nitrogen and oxygen atoms in total. The number of rotatable bonds is 6. The maximum Gasteiger partial charge on any atom is 0.269 e. The minimum absolute atomic E-state index is 0.0133. The van der Waals surface area contributed by atoms with Gasteiger partial charge in [-0.05, 0) is 35.4 Å². The third kappa shape index (κ3) is 4.40. The summed E-state index contributed by atoms with van der Waals surface area (Å²) in [6.07, 6.45) is 0.307. The zero-order valence-electron chi connectivity index (χ0n) is 17.7. The van der Waals surface area contributed by atoms with E-state index in [0.29, 0.717) is 24.5 Å². The normalized spacial score (nSPS) is 15.6. The molecule has 0 saturated carbocycles. The molecular formula is C24H22N2O5S. The number of methoxy groups -OCH3 is 2. The van der Waals surface area contributed by atoms with Gasteiger partial charge in [0.15, 0.2) is 11.5 Å². The molecule has 1 aliphatic heterocycles. The number of anilines is 1. The number of ether oxygens (including phenoxy) is 2. The molecule has 164 valence electrons. The Balaban J connectivity index is 1.66. The highest BCUT2D eigenvalue weighted by atomic mass is 32.2. The Bertz CT molecular complexity index is 1150.